The van der Waals surface area contributed by atoms with Crippen molar-refractivity contribution in [1.29, 1.82) is 0 Å². The molecule has 4 aromatic rings. The van der Waals surface area contributed by atoms with E-state index in [4.69, 9.17) is 5.73 Å². The molecule has 0 aromatic carbocycles. The number of H-pyrrole nitrogens is 1. The quantitative estimate of drug-likeness (QED) is 0.537. The minimum atomic E-state index is 0.506. The number of rotatable bonds is 4. The van der Waals surface area contributed by atoms with Gasteiger partial charge in [-0.1, -0.05) is 6.07 Å². The Morgan fingerprint density at radius 2 is 2.04 bits per heavy atom. The van der Waals surface area contributed by atoms with E-state index in [1.54, 1.807) is 18.5 Å². The summed E-state index contributed by atoms with van der Waals surface area (Å²) in [7, 11) is 0. The molecule has 0 bridgehead atoms. The minimum Gasteiger partial charge on any atom is -0.384 e. The standard InChI is InChI=1S/C18H16N6/c19-16-5-4-12(10-22-16)15-9-17(24-18-14(15)6-8-21-18)23-11-13-3-1-2-7-20-13/h1-10H,11H2,(H2,19,22)(H2,21,23,24). The van der Waals surface area contributed by atoms with E-state index in [-0.39, 0.29) is 0 Å². The lowest BCUT2D eigenvalue weighted by Gasteiger charge is -2.09. The molecule has 0 atom stereocenters. The van der Waals surface area contributed by atoms with Crippen LogP contribution in [0.3, 0.4) is 0 Å². The van der Waals surface area contributed by atoms with E-state index < -0.39 is 0 Å². The first-order valence-electron chi connectivity index (χ1n) is 7.63. The molecular weight excluding hydrogens is 300 g/mol. The summed E-state index contributed by atoms with van der Waals surface area (Å²) in [6, 6.07) is 13.6. The van der Waals surface area contributed by atoms with Gasteiger partial charge in [0.2, 0.25) is 0 Å². The third kappa shape index (κ3) is 2.77. The van der Waals surface area contributed by atoms with Crippen molar-refractivity contribution in [3.8, 4) is 11.1 Å². The second-order valence-electron chi connectivity index (χ2n) is 5.44. The van der Waals surface area contributed by atoms with Gasteiger partial charge in [-0.05, 0) is 42.0 Å². The summed E-state index contributed by atoms with van der Waals surface area (Å²) in [5.41, 5.74) is 9.53. The molecule has 0 aliphatic rings. The minimum absolute atomic E-state index is 0.506. The Morgan fingerprint density at radius 1 is 1.08 bits per heavy atom. The number of nitrogen functional groups attached to an aromatic ring is 1. The molecule has 6 nitrogen and oxygen atoms in total. The molecule has 0 aliphatic heterocycles. The highest BCUT2D eigenvalue weighted by Gasteiger charge is 2.09. The molecule has 0 aliphatic carbocycles. The van der Waals surface area contributed by atoms with Crippen molar-refractivity contribution in [2.75, 3.05) is 11.1 Å². The monoisotopic (exact) mass is 316 g/mol. The Kier molecular flexibility index (Phi) is 3.55. The van der Waals surface area contributed by atoms with Crippen LogP contribution in [0.25, 0.3) is 22.2 Å². The normalized spacial score (nSPS) is 10.8. The zero-order valence-electron chi connectivity index (χ0n) is 12.9. The van der Waals surface area contributed by atoms with Gasteiger partial charge in [-0.25, -0.2) is 9.97 Å². The van der Waals surface area contributed by atoms with Gasteiger partial charge in [0.15, 0.2) is 0 Å². The molecule has 0 fully saturated rings. The average molecular weight is 316 g/mol. The molecule has 4 N–H and O–H groups in total. The molecule has 4 heterocycles. The highest BCUT2D eigenvalue weighted by atomic mass is 15.0. The molecule has 0 unspecified atom stereocenters. The summed E-state index contributed by atoms with van der Waals surface area (Å²) in [6.07, 6.45) is 5.44. The van der Waals surface area contributed by atoms with Crippen LogP contribution in [0.15, 0.2) is 61.1 Å². The van der Waals surface area contributed by atoms with Gasteiger partial charge in [0, 0.05) is 29.5 Å². The van der Waals surface area contributed by atoms with Crippen molar-refractivity contribution in [3.63, 3.8) is 0 Å². The van der Waals surface area contributed by atoms with Gasteiger partial charge in [-0.15, -0.1) is 0 Å². The molecule has 0 spiro atoms. The lowest BCUT2D eigenvalue weighted by atomic mass is 10.1. The second-order valence-corrected chi connectivity index (χ2v) is 5.44. The average Bonchev–Trinajstić information content (AvgIpc) is 3.09. The molecule has 6 heteroatoms. The van der Waals surface area contributed by atoms with Crippen LogP contribution >= 0.6 is 0 Å². The molecule has 24 heavy (non-hydrogen) atoms. The third-order valence-electron chi connectivity index (χ3n) is 3.80. The van der Waals surface area contributed by atoms with E-state index in [1.807, 2.05) is 42.6 Å². The maximum atomic E-state index is 5.69. The van der Waals surface area contributed by atoms with E-state index in [0.29, 0.717) is 12.4 Å². The lowest BCUT2D eigenvalue weighted by molar-refractivity contribution is 1.03. The Morgan fingerprint density at radius 3 is 2.83 bits per heavy atom. The fourth-order valence-corrected chi connectivity index (χ4v) is 2.62. The number of hydrogen-bond donors (Lipinski definition) is 3. The van der Waals surface area contributed by atoms with Crippen molar-refractivity contribution in [1.82, 2.24) is 19.9 Å². The van der Waals surface area contributed by atoms with Gasteiger partial charge in [0.05, 0.1) is 12.2 Å². The zero-order valence-corrected chi connectivity index (χ0v) is 12.9. The van der Waals surface area contributed by atoms with Gasteiger partial charge in [0.1, 0.15) is 17.3 Å². The van der Waals surface area contributed by atoms with Crippen molar-refractivity contribution >= 4 is 22.7 Å². The van der Waals surface area contributed by atoms with Crippen LogP contribution in [0, 0.1) is 0 Å². The first-order valence-corrected chi connectivity index (χ1v) is 7.63. The van der Waals surface area contributed by atoms with Crippen LogP contribution in [0.2, 0.25) is 0 Å². The second kappa shape index (κ2) is 6.00. The van der Waals surface area contributed by atoms with E-state index >= 15 is 0 Å². The van der Waals surface area contributed by atoms with Crippen LogP contribution in [-0.2, 0) is 6.54 Å². The van der Waals surface area contributed by atoms with Gasteiger partial charge < -0.3 is 16.0 Å². The number of nitrogens with two attached hydrogens (primary N) is 1. The maximum absolute atomic E-state index is 5.69. The molecule has 0 amide bonds. The molecular formula is C18H16N6. The molecule has 4 rings (SSSR count). The van der Waals surface area contributed by atoms with Crippen molar-refractivity contribution in [2.45, 2.75) is 6.54 Å². The van der Waals surface area contributed by atoms with Gasteiger partial charge in [-0.2, -0.15) is 0 Å². The Labute approximate surface area is 138 Å². The number of aromatic nitrogens is 4. The van der Waals surface area contributed by atoms with Crippen LogP contribution in [0.5, 0.6) is 0 Å². The molecule has 0 radical (unpaired) electrons. The number of nitrogens with zero attached hydrogens (tertiary/aromatic N) is 3. The number of hydrogen-bond acceptors (Lipinski definition) is 5. The van der Waals surface area contributed by atoms with E-state index in [9.17, 15) is 0 Å². The van der Waals surface area contributed by atoms with Gasteiger partial charge >= 0.3 is 0 Å². The smallest absolute Gasteiger partial charge is 0.140 e. The summed E-state index contributed by atoms with van der Waals surface area (Å²) in [5, 5.41) is 4.37. The van der Waals surface area contributed by atoms with Gasteiger partial charge in [0.25, 0.3) is 0 Å². The number of fused-ring (bicyclic) bond motifs is 1. The third-order valence-corrected chi connectivity index (χ3v) is 3.80. The summed E-state index contributed by atoms with van der Waals surface area (Å²) < 4.78 is 0. The molecule has 118 valence electrons. The maximum Gasteiger partial charge on any atom is 0.140 e. The lowest BCUT2D eigenvalue weighted by Crippen LogP contribution is -2.03. The first-order chi connectivity index (χ1) is 11.8. The summed E-state index contributed by atoms with van der Waals surface area (Å²) >= 11 is 0. The van der Waals surface area contributed by atoms with Gasteiger partial charge in [-0.3, -0.25) is 4.98 Å². The number of aromatic amines is 1. The van der Waals surface area contributed by atoms with Crippen LogP contribution < -0.4 is 11.1 Å². The molecule has 0 saturated carbocycles. The van der Waals surface area contributed by atoms with E-state index in [2.05, 4.69) is 25.3 Å². The van der Waals surface area contributed by atoms with E-state index in [1.165, 1.54) is 0 Å². The predicted molar refractivity (Wildman–Crippen MR) is 95.3 cm³/mol. The number of nitrogens with one attached hydrogen (secondary N) is 2. The Balaban J connectivity index is 1.71. The Bertz CT molecular complexity index is 960. The highest BCUT2D eigenvalue weighted by molar-refractivity contribution is 5.94. The van der Waals surface area contributed by atoms with Crippen LogP contribution in [0.4, 0.5) is 11.6 Å². The largest absolute Gasteiger partial charge is 0.384 e. The predicted octanol–water partition coefficient (Wildman–Crippen LogP) is 3.21. The number of anilines is 2. The molecule has 0 saturated heterocycles. The topological polar surface area (TPSA) is 92.5 Å². The summed E-state index contributed by atoms with van der Waals surface area (Å²) in [4.78, 5) is 16.3. The molecule has 4 aromatic heterocycles. The first kappa shape index (κ1) is 14.2. The fraction of sp³-hybridized carbons (Fsp3) is 0.0556. The van der Waals surface area contributed by atoms with Crippen molar-refractivity contribution in [2.24, 2.45) is 0 Å². The summed E-state index contributed by atoms with van der Waals surface area (Å²) in [5.74, 6) is 1.29. The number of pyridine rings is 3. The highest BCUT2D eigenvalue weighted by Crippen LogP contribution is 2.29. The Hall–Kier alpha value is -3.41. The van der Waals surface area contributed by atoms with Crippen LogP contribution in [-0.4, -0.2) is 19.9 Å². The van der Waals surface area contributed by atoms with Crippen molar-refractivity contribution in [3.05, 3.63) is 66.7 Å². The van der Waals surface area contributed by atoms with Crippen LogP contribution in [0.1, 0.15) is 5.69 Å². The fourth-order valence-electron chi connectivity index (χ4n) is 2.62. The summed E-state index contributed by atoms with van der Waals surface area (Å²) in [6.45, 7) is 0.611. The zero-order chi connectivity index (χ0) is 16.4. The SMILES string of the molecule is Nc1ccc(-c2cc(NCc3ccccn3)nc3[nH]ccc23)cn1. The van der Waals surface area contributed by atoms with E-state index in [0.717, 1.165) is 33.7 Å². The van der Waals surface area contributed by atoms with Crippen molar-refractivity contribution < 1.29 is 0 Å².